The fourth-order valence-electron chi connectivity index (χ4n) is 1.10. The molecule has 3 N–H and O–H groups in total. The molecule has 84 valence electrons. The fraction of sp³-hybridized carbons (Fsp3) is 0.273. The molecule has 0 aliphatic carbocycles. The van der Waals surface area contributed by atoms with Crippen LogP contribution in [0.2, 0.25) is 0 Å². The zero-order valence-electron chi connectivity index (χ0n) is 8.83. The lowest BCUT2D eigenvalue weighted by Crippen LogP contribution is -2.34. The molecule has 1 atom stereocenters. The highest BCUT2D eigenvalue weighted by molar-refractivity contribution is 9.10. The predicted molar refractivity (Wildman–Crippen MR) is 65.8 cm³/mol. The molecule has 0 heterocycles. The number of nitrogens with zero attached hydrogens (tertiary/aromatic N) is 1. The monoisotopic (exact) mass is 281 g/mol. The summed E-state index contributed by atoms with van der Waals surface area (Å²) in [7, 11) is 0. The molecule has 0 saturated carbocycles. The Labute approximate surface area is 103 Å². The van der Waals surface area contributed by atoms with Crippen molar-refractivity contribution in [2.45, 2.75) is 19.4 Å². The van der Waals surface area contributed by atoms with Crippen LogP contribution in [0.25, 0.3) is 0 Å². The van der Waals surface area contributed by atoms with Crippen LogP contribution < -0.4 is 11.1 Å². The molecule has 1 rings (SSSR count). The molecule has 4 nitrogen and oxygen atoms in total. The van der Waals surface area contributed by atoms with E-state index in [0.29, 0.717) is 22.1 Å². The number of carbonyl (C=O) groups is 1. The van der Waals surface area contributed by atoms with Gasteiger partial charge in [0.15, 0.2) is 0 Å². The average molecular weight is 282 g/mol. The van der Waals surface area contributed by atoms with Crippen molar-refractivity contribution in [2.75, 3.05) is 5.32 Å². The predicted octanol–water partition coefficient (Wildman–Crippen LogP) is 2.00. The third kappa shape index (κ3) is 3.05. The first-order valence-electron chi connectivity index (χ1n) is 4.84. The van der Waals surface area contributed by atoms with E-state index in [2.05, 4.69) is 21.2 Å². The van der Waals surface area contributed by atoms with Crippen molar-refractivity contribution < 1.29 is 4.79 Å². The minimum absolute atomic E-state index is 0.229. The van der Waals surface area contributed by atoms with Crippen LogP contribution in [0, 0.1) is 11.3 Å². The molecule has 0 spiro atoms. The number of rotatable bonds is 3. The highest BCUT2D eigenvalue weighted by Crippen LogP contribution is 2.23. The first-order valence-corrected chi connectivity index (χ1v) is 5.64. The van der Waals surface area contributed by atoms with Gasteiger partial charge in [-0.3, -0.25) is 4.79 Å². The van der Waals surface area contributed by atoms with Gasteiger partial charge in [-0.1, -0.05) is 6.92 Å². The number of amides is 1. The van der Waals surface area contributed by atoms with Crippen molar-refractivity contribution in [3.05, 3.63) is 28.2 Å². The first kappa shape index (κ1) is 12.7. The molecule has 0 saturated heterocycles. The molecule has 5 heteroatoms. The van der Waals surface area contributed by atoms with E-state index in [1.165, 1.54) is 0 Å². The van der Waals surface area contributed by atoms with E-state index in [4.69, 9.17) is 11.0 Å². The topological polar surface area (TPSA) is 78.9 Å². The molecule has 1 unspecified atom stereocenters. The Bertz CT molecular complexity index is 439. The molecule has 1 amide bonds. The van der Waals surface area contributed by atoms with Crippen molar-refractivity contribution in [3.8, 4) is 6.07 Å². The number of nitrogens with two attached hydrogens (primary N) is 1. The second-order valence-corrected chi connectivity index (χ2v) is 4.16. The molecule has 0 aliphatic heterocycles. The van der Waals surface area contributed by atoms with Gasteiger partial charge >= 0.3 is 0 Å². The van der Waals surface area contributed by atoms with Crippen LogP contribution in [0.1, 0.15) is 18.9 Å². The summed E-state index contributed by atoms with van der Waals surface area (Å²) in [5.74, 6) is -0.229. The van der Waals surface area contributed by atoms with Gasteiger partial charge in [-0.25, -0.2) is 0 Å². The van der Waals surface area contributed by atoms with Crippen LogP contribution >= 0.6 is 15.9 Å². The maximum Gasteiger partial charge on any atom is 0.241 e. The first-order chi connectivity index (χ1) is 7.58. The SMILES string of the molecule is CCC(N)C(=O)Nc1ccc(C#N)cc1Br. The molecule has 0 aromatic heterocycles. The van der Waals surface area contributed by atoms with Crippen molar-refractivity contribution in [1.82, 2.24) is 0 Å². The summed E-state index contributed by atoms with van der Waals surface area (Å²) in [5, 5.41) is 11.4. The van der Waals surface area contributed by atoms with Crippen LogP contribution in [0.3, 0.4) is 0 Å². The molecule has 16 heavy (non-hydrogen) atoms. The van der Waals surface area contributed by atoms with Gasteiger partial charge in [-0.05, 0) is 40.5 Å². The second-order valence-electron chi connectivity index (χ2n) is 3.31. The summed E-state index contributed by atoms with van der Waals surface area (Å²) >= 11 is 3.28. The molecule has 1 aromatic carbocycles. The maximum atomic E-state index is 11.5. The normalized spacial score (nSPS) is 11.6. The molecule has 0 fully saturated rings. The summed E-state index contributed by atoms with van der Waals surface area (Å²) in [6.45, 7) is 1.85. The Morgan fingerprint density at radius 2 is 2.38 bits per heavy atom. The second kappa shape index (κ2) is 5.64. The zero-order valence-corrected chi connectivity index (χ0v) is 10.4. The number of carbonyl (C=O) groups excluding carboxylic acids is 1. The number of hydrogen-bond donors (Lipinski definition) is 2. The van der Waals surface area contributed by atoms with Crippen LogP contribution in [0.4, 0.5) is 5.69 Å². The molecular weight excluding hydrogens is 270 g/mol. The third-order valence-electron chi connectivity index (χ3n) is 2.13. The van der Waals surface area contributed by atoms with E-state index in [1.807, 2.05) is 13.0 Å². The fourth-order valence-corrected chi connectivity index (χ4v) is 1.57. The van der Waals surface area contributed by atoms with Gasteiger partial charge in [-0.15, -0.1) is 0 Å². The van der Waals surface area contributed by atoms with E-state index in [-0.39, 0.29) is 5.91 Å². The lowest BCUT2D eigenvalue weighted by Gasteiger charge is -2.11. The Morgan fingerprint density at radius 1 is 1.69 bits per heavy atom. The Kier molecular flexibility index (Phi) is 4.47. The summed E-state index contributed by atoms with van der Waals surface area (Å²) in [6, 6.07) is 6.46. The van der Waals surface area contributed by atoms with Crippen molar-refractivity contribution in [2.24, 2.45) is 5.73 Å². The van der Waals surface area contributed by atoms with Gasteiger partial charge in [0.2, 0.25) is 5.91 Å². The minimum Gasteiger partial charge on any atom is -0.324 e. The molecule has 0 aliphatic rings. The largest absolute Gasteiger partial charge is 0.324 e. The highest BCUT2D eigenvalue weighted by atomic mass is 79.9. The van der Waals surface area contributed by atoms with Crippen LogP contribution in [-0.2, 0) is 4.79 Å². The van der Waals surface area contributed by atoms with E-state index < -0.39 is 6.04 Å². The minimum atomic E-state index is -0.512. The maximum absolute atomic E-state index is 11.5. The molecule has 1 aromatic rings. The van der Waals surface area contributed by atoms with Crippen molar-refractivity contribution in [3.63, 3.8) is 0 Å². The summed E-state index contributed by atoms with van der Waals surface area (Å²) in [5.41, 5.74) is 6.74. The van der Waals surface area contributed by atoms with Crippen LogP contribution in [0.15, 0.2) is 22.7 Å². The quantitative estimate of drug-likeness (QED) is 0.889. The number of nitrogens with one attached hydrogen (secondary N) is 1. The number of benzene rings is 1. The molecular formula is C11H12BrN3O. The van der Waals surface area contributed by atoms with Gasteiger partial charge in [-0.2, -0.15) is 5.26 Å². The number of anilines is 1. The lowest BCUT2D eigenvalue weighted by molar-refractivity contribution is -0.117. The van der Waals surface area contributed by atoms with E-state index >= 15 is 0 Å². The average Bonchev–Trinajstić information content (AvgIpc) is 2.30. The van der Waals surface area contributed by atoms with Crippen LogP contribution in [0.5, 0.6) is 0 Å². The molecule has 0 radical (unpaired) electrons. The smallest absolute Gasteiger partial charge is 0.241 e. The van der Waals surface area contributed by atoms with Gasteiger partial charge < -0.3 is 11.1 Å². The van der Waals surface area contributed by atoms with E-state index in [0.717, 1.165) is 0 Å². The van der Waals surface area contributed by atoms with Gasteiger partial charge in [0, 0.05) is 4.47 Å². The van der Waals surface area contributed by atoms with Crippen LogP contribution in [-0.4, -0.2) is 11.9 Å². The Morgan fingerprint density at radius 3 is 2.88 bits per heavy atom. The van der Waals surface area contributed by atoms with Crippen molar-refractivity contribution in [1.29, 1.82) is 5.26 Å². The number of nitriles is 1. The Hall–Kier alpha value is -1.38. The summed E-state index contributed by atoms with van der Waals surface area (Å²) in [6.07, 6.45) is 0.583. The number of halogens is 1. The van der Waals surface area contributed by atoms with Gasteiger partial charge in [0.05, 0.1) is 23.4 Å². The Balaban J connectivity index is 2.83. The van der Waals surface area contributed by atoms with Crippen molar-refractivity contribution >= 4 is 27.5 Å². The van der Waals surface area contributed by atoms with E-state index in [9.17, 15) is 4.79 Å². The molecule has 0 bridgehead atoms. The summed E-state index contributed by atoms with van der Waals surface area (Å²) in [4.78, 5) is 11.5. The zero-order chi connectivity index (χ0) is 12.1. The third-order valence-corrected chi connectivity index (χ3v) is 2.79. The lowest BCUT2D eigenvalue weighted by atomic mass is 10.2. The highest BCUT2D eigenvalue weighted by Gasteiger charge is 2.12. The van der Waals surface area contributed by atoms with E-state index in [1.54, 1.807) is 18.2 Å². The van der Waals surface area contributed by atoms with Gasteiger partial charge in [0.25, 0.3) is 0 Å². The number of hydrogen-bond acceptors (Lipinski definition) is 3. The standard InChI is InChI=1S/C11H12BrN3O/c1-2-9(14)11(16)15-10-4-3-7(6-13)5-8(10)12/h3-5,9H,2,14H2,1H3,(H,15,16). The van der Waals surface area contributed by atoms with Gasteiger partial charge in [0.1, 0.15) is 0 Å². The summed E-state index contributed by atoms with van der Waals surface area (Å²) < 4.78 is 0.670.